The van der Waals surface area contributed by atoms with Crippen molar-refractivity contribution >= 4 is 43.6 Å². The van der Waals surface area contributed by atoms with E-state index in [9.17, 15) is 17.6 Å². The van der Waals surface area contributed by atoms with Gasteiger partial charge in [0.25, 0.3) is 0 Å². The molecule has 0 aliphatic heterocycles. The molecule has 1 aromatic carbocycles. The third kappa shape index (κ3) is 3.13. The molecule has 0 radical (unpaired) electrons. The third-order valence-corrected chi connectivity index (χ3v) is 3.96. The highest BCUT2D eigenvalue weighted by Gasteiger charge is 2.31. The summed E-state index contributed by atoms with van der Waals surface area (Å²) >= 11 is 5.34. The van der Waals surface area contributed by atoms with Crippen molar-refractivity contribution in [1.82, 2.24) is 0 Å². The van der Waals surface area contributed by atoms with Crippen LogP contribution in [0.25, 0.3) is 0 Å². The van der Waals surface area contributed by atoms with Crippen molar-refractivity contribution in [3.63, 3.8) is 0 Å². The molecule has 0 aliphatic carbocycles. The standard InChI is InChI=1S/C7H2Br2F4S/c8-3-1-2-4(6(10)5(3)9)14-7(11,12)13/h1-2H. The van der Waals surface area contributed by atoms with Gasteiger partial charge in [-0.25, -0.2) is 4.39 Å². The van der Waals surface area contributed by atoms with Gasteiger partial charge in [-0.2, -0.15) is 13.2 Å². The maximum Gasteiger partial charge on any atom is 0.446 e. The minimum absolute atomic E-state index is 0.00764. The number of alkyl halides is 3. The van der Waals surface area contributed by atoms with Gasteiger partial charge >= 0.3 is 5.51 Å². The zero-order valence-electron chi connectivity index (χ0n) is 6.33. The highest BCUT2D eigenvalue weighted by atomic mass is 79.9. The summed E-state index contributed by atoms with van der Waals surface area (Å²) in [7, 11) is 0. The van der Waals surface area contributed by atoms with E-state index >= 15 is 0 Å². The molecule has 0 nitrogen and oxygen atoms in total. The van der Waals surface area contributed by atoms with E-state index in [0.717, 1.165) is 6.07 Å². The van der Waals surface area contributed by atoms with Crippen LogP contribution in [0.5, 0.6) is 0 Å². The molecule has 1 rings (SSSR count). The van der Waals surface area contributed by atoms with E-state index in [4.69, 9.17) is 0 Å². The minimum atomic E-state index is -4.48. The largest absolute Gasteiger partial charge is 0.446 e. The summed E-state index contributed by atoms with van der Waals surface area (Å²) in [6, 6.07) is 2.42. The number of hydrogen-bond donors (Lipinski definition) is 0. The van der Waals surface area contributed by atoms with E-state index in [0.29, 0.717) is 4.47 Å². The van der Waals surface area contributed by atoms with Crippen LogP contribution in [-0.4, -0.2) is 5.51 Å². The number of thioether (sulfide) groups is 1. The first-order valence-corrected chi connectivity index (χ1v) is 5.61. The Kier molecular flexibility index (Phi) is 3.87. The number of halogens is 6. The number of hydrogen-bond acceptors (Lipinski definition) is 1. The Balaban J connectivity index is 3.06. The summed E-state index contributed by atoms with van der Waals surface area (Å²) in [5.41, 5.74) is -4.48. The van der Waals surface area contributed by atoms with Gasteiger partial charge in [-0.1, -0.05) is 0 Å². The summed E-state index contributed by atoms with van der Waals surface area (Å²) in [5.74, 6) is -0.915. The van der Waals surface area contributed by atoms with Crippen LogP contribution in [0.2, 0.25) is 0 Å². The second-order valence-electron chi connectivity index (χ2n) is 2.22. The summed E-state index contributed by atoms with van der Waals surface area (Å²) in [4.78, 5) is -0.451. The van der Waals surface area contributed by atoms with E-state index in [-0.39, 0.29) is 4.47 Å². The molecule has 0 saturated heterocycles. The van der Waals surface area contributed by atoms with Crippen LogP contribution in [0.3, 0.4) is 0 Å². The fourth-order valence-electron chi connectivity index (χ4n) is 0.712. The van der Waals surface area contributed by atoms with Crippen molar-refractivity contribution < 1.29 is 17.6 Å². The van der Waals surface area contributed by atoms with E-state index in [1.807, 2.05) is 0 Å². The molecule has 0 N–H and O–H groups in total. The molecule has 0 fully saturated rings. The quantitative estimate of drug-likeness (QED) is 0.390. The molecule has 0 spiro atoms. The van der Waals surface area contributed by atoms with Crippen molar-refractivity contribution in [3.05, 3.63) is 26.9 Å². The van der Waals surface area contributed by atoms with Crippen molar-refractivity contribution in [2.45, 2.75) is 10.4 Å². The highest BCUT2D eigenvalue weighted by Crippen LogP contribution is 2.41. The summed E-state index contributed by atoms with van der Waals surface area (Å²) < 4.78 is 49.3. The average Bonchev–Trinajstić information content (AvgIpc) is 2.04. The summed E-state index contributed by atoms with van der Waals surface area (Å²) in [6.45, 7) is 0. The van der Waals surface area contributed by atoms with Gasteiger partial charge in [-0.15, -0.1) is 0 Å². The molecular weight excluding hydrogens is 352 g/mol. The number of rotatable bonds is 1. The predicted molar refractivity (Wildman–Crippen MR) is 53.7 cm³/mol. The van der Waals surface area contributed by atoms with Gasteiger partial charge in [0.2, 0.25) is 0 Å². The first kappa shape index (κ1) is 12.3. The Bertz CT molecular complexity index is 350. The lowest BCUT2D eigenvalue weighted by Crippen LogP contribution is -2.00. The topological polar surface area (TPSA) is 0 Å². The average molecular weight is 354 g/mol. The van der Waals surface area contributed by atoms with E-state index in [1.165, 1.54) is 6.07 Å². The molecule has 78 valence electrons. The van der Waals surface area contributed by atoms with Crippen molar-refractivity contribution in [2.75, 3.05) is 0 Å². The van der Waals surface area contributed by atoms with Crippen molar-refractivity contribution in [3.8, 4) is 0 Å². The second kappa shape index (κ2) is 4.40. The molecule has 0 bridgehead atoms. The number of benzene rings is 1. The fourth-order valence-corrected chi connectivity index (χ4v) is 2.07. The van der Waals surface area contributed by atoms with Gasteiger partial charge < -0.3 is 0 Å². The predicted octanol–water partition coefficient (Wildman–Crippen LogP) is 4.96. The van der Waals surface area contributed by atoms with Crippen molar-refractivity contribution in [1.29, 1.82) is 0 Å². The highest BCUT2D eigenvalue weighted by molar-refractivity contribution is 9.13. The summed E-state index contributed by atoms with van der Waals surface area (Å²) in [5, 5.41) is 0. The van der Waals surface area contributed by atoms with Gasteiger partial charge in [0.1, 0.15) is 0 Å². The molecule has 0 amide bonds. The van der Waals surface area contributed by atoms with Crippen LogP contribution in [0.4, 0.5) is 17.6 Å². The van der Waals surface area contributed by atoms with Crippen LogP contribution >= 0.6 is 43.6 Å². The van der Waals surface area contributed by atoms with Crippen LogP contribution in [0.1, 0.15) is 0 Å². The van der Waals surface area contributed by atoms with Gasteiger partial charge in [-0.3, -0.25) is 0 Å². The second-order valence-corrected chi connectivity index (χ2v) is 4.98. The van der Waals surface area contributed by atoms with Gasteiger partial charge in [0.05, 0.1) is 9.37 Å². The Morgan fingerprint density at radius 2 is 1.71 bits per heavy atom. The first-order chi connectivity index (χ1) is 6.31. The molecule has 0 saturated carbocycles. The molecule has 0 aliphatic rings. The van der Waals surface area contributed by atoms with Crippen molar-refractivity contribution in [2.24, 2.45) is 0 Å². The minimum Gasteiger partial charge on any atom is -0.204 e. The molecule has 0 unspecified atom stereocenters. The van der Waals surface area contributed by atoms with E-state index in [1.54, 1.807) is 0 Å². The molecular formula is C7H2Br2F4S. The Morgan fingerprint density at radius 3 is 2.21 bits per heavy atom. The molecule has 0 aromatic heterocycles. The van der Waals surface area contributed by atoms with E-state index < -0.39 is 28.0 Å². The van der Waals surface area contributed by atoms with Gasteiger partial charge in [-0.05, 0) is 55.8 Å². The first-order valence-electron chi connectivity index (χ1n) is 3.20. The lowest BCUT2D eigenvalue weighted by molar-refractivity contribution is -0.0329. The molecule has 0 atom stereocenters. The molecule has 14 heavy (non-hydrogen) atoms. The van der Waals surface area contributed by atoms with Crippen LogP contribution < -0.4 is 0 Å². The SMILES string of the molecule is Fc1c(SC(F)(F)F)ccc(Br)c1Br. The van der Waals surface area contributed by atoms with E-state index in [2.05, 4.69) is 31.9 Å². The van der Waals surface area contributed by atoms with Crippen LogP contribution in [-0.2, 0) is 0 Å². The van der Waals surface area contributed by atoms with Gasteiger partial charge in [0.15, 0.2) is 5.82 Å². The zero-order chi connectivity index (χ0) is 10.9. The summed E-state index contributed by atoms with van der Waals surface area (Å²) in [6.07, 6.45) is 0. The van der Waals surface area contributed by atoms with Crippen LogP contribution in [0, 0.1) is 5.82 Å². The third-order valence-electron chi connectivity index (χ3n) is 1.23. The monoisotopic (exact) mass is 352 g/mol. The Hall–Kier alpha value is 0.250. The molecule has 7 heteroatoms. The van der Waals surface area contributed by atoms with Gasteiger partial charge in [0, 0.05) is 4.47 Å². The smallest absolute Gasteiger partial charge is 0.204 e. The molecule has 1 aromatic rings. The maximum atomic E-state index is 13.2. The Morgan fingerprint density at radius 1 is 1.14 bits per heavy atom. The lowest BCUT2D eigenvalue weighted by atomic mass is 10.3. The molecule has 0 heterocycles. The lowest BCUT2D eigenvalue weighted by Gasteiger charge is -2.08. The maximum absolute atomic E-state index is 13.2. The zero-order valence-corrected chi connectivity index (χ0v) is 10.3. The normalized spacial score (nSPS) is 11.9. The Labute approximate surface area is 98.3 Å². The van der Waals surface area contributed by atoms with Crippen LogP contribution in [0.15, 0.2) is 26.0 Å². The fraction of sp³-hybridized carbons (Fsp3) is 0.143.